The third kappa shape index (κ3) is 3.16. The molecular formula is C21H23NO4S2. The fourth-order valence-electron chi connectivity index (χ4n) is 3.48. The number of ether oxygens (including phenoxy) is 2. The Bertz CT molecular complexity index is 913. The van der Waals surface area contributed by atoms with Gasteiger partial charge >= 0.3 is 11.9 Å². The number of carbonyl (C=O) groups is 2. The van der Waals surface area contributed by atoms with E-state index < -0.39 is 11.9 Å². The molecule has 28 heavy (non-hydrogen) atoms. The second kappa shape index (κ2) is 7.72. The molecule has 1 aromatic carbocycles. The van der Waals surface area contributed by atoms with Crippen molar-refractivity contribution in [2.24, 2.45) is 0 Å². The monoisotopic (exact) mass is 417 g/mol. The number of carbonyl (C=O) groups excluding carboxylic acids is 2. The topological polar surface area (TPSA) is 55.8 Å². The summed E-state index contributed by atoms with van der Waals surface area (Å²) in [5, 5.41) is 0. The molecule has 0 spiro atoms. The zero-order valence-electron chi connectivity index (χ0n) is 16.8. The SMILES string of the molecule is CC=C1C(=C2SC(C(=O)OC)=C(C(=O)OC)S2)c2ccccc2N(C)C1(C)C. The van der Waals surface area contributed by atoms with Gasteiger partial charge in [-0.3, -0.25) is 0 Å². The van der Waals surface area contributed by atoms with E-state index in [0.717, 1.165) is 26.6 Å². The van der Waals surface area contributed by atoms with Gasteiger partial charge < -0.3 is 14.4 Å². The molecule has 2 heterocycles. The van der Waals surface area contributed by atoms with Crippen LogP contribution in [0.5, 0.6) is 0 Å². The number of para-hydroxylation sites is 1. The van der Waals surface area contributed by atoms with Crippen LogP contribution in [-0.2, 0) is 19.1 Å². The van der Waals surface area contributed by atoms with E-state index in [2.05, 4.69) is 44.0 Å². The van der Waals surface area contributed by atoms with E-state index in [9.17, 15) is 9.59 Å². The number of nitrogens with zero attached hydrogens (tertiary/aromatic N) is 1. The van der Waals surface area contributed by atoms with Gasteiger partial charge in [-0.2, -0.15) is 0 Å². The number of hydrogen-bond acceptors (Lipinski definition) is 7. The van der Waals surface area contributed by atoms with E-state index in [4.69, 9.17) is 9.47 Å². The van der Waals surface area contributed by atoms with Crippen LogP contribution in [0.1, 0.15) is 26.3 Å². The highest BCUT2D eigenvalue weighted by Crippen LogP contribution is 2.57. The molecule has 2 aliphatic rings. The van der Waals surface area contributed by atoms with Crippen molar-refractivity contribution in [2.45, 2.75) is 26.3 Å². The van der Waals surface area contributed by atoms with Gasteiger partial charge in [-0.25, -0.2) is 9.59 Å². The smallest absolute Gasteiger partial charge is 0.346 e. The van der Waals surface area contributed by atoms with Gasteiger partial charge in [-0.05, 0) is 32.4 Å². The van der Waals surface area contributed by atoms with Crippen molar-refractivity contribution >= 4 is 46.7 Å². The molecule has 0 saturated heterocycles. The minimum atomic E-state index is -0.531. The molecule has 5 nitrogen and oxygen atoms in total. The zero-order chi connectivity index (χ0) is 20.6. The number of allylic oxidation sites excluding steroid dienone is 1. The molecule has 0 bridgehead atoms. The summed E-state index contributed by atoms with van der Waals surface area (Å²) in [7, 11) is 4.70. The molecule has 3 rings (SSSR count). The van der Waals surface area contributed by atoms with Gasteiger partial charge in [0.1, 0.15) is 9.81 Å². The zero-order valence-corrected chi connectivity index (χ0v) is 18.4. The Balaban J connectivity index is 2.24. The Hall–Kier alpha value is -2.12. The predicted octanol–water partition coefficient (Wildman–Crippen LogP) is 4.57. The average molecular weight is 418 g/mol. The fourth-order valence-corrected chi connectivity index (χ4v) is 6.10. The normalized spacial score (nSPS) is 19.8. The van der Waals surface area contributed by atoms with Gasteiger partial charge in [0.2, 0.25) is 0 Å². The highest BCUT2D eigenvalue weighted by atomic mass is 32.2. The molecule has 0 aromatic heterocycles. The number of rotatable bonds is 2. The van der Waals surface area contributed by atoms with E-state index >= 15 is 0 Å². The molecule has 0 aliphatic carbocycles. The maximum atomic E-state index is 12.3. The third-order valence-electron chi connectivity index (χ3n) is 5.13. The third-order valence-corrected chi connectivity index (χ3v) is 7.69. The summed E-state index contributed by atoms with van der Waals surface area (Å²) < 4.78 is 10.7. The molecule has 0 radical (unpaired) electrons. The number of methoxy groups -OCH3 is 2. The fraction of sp³-hybridized carbons (Fsp3) is 0.333. The van der Waals surface area contributed by atoms with Crippen LogP contribution in [0, 0.1) is 0 Å². The first kappa shape index (κ1) is 20.6. The predicted molar refractivity (Wildman–Crippen MR) is 116 cm³/mol. The molecule has 0 saturated carbocycles. The standard InChI is InChI=1S/C21H23NO4S2/c1-7-13-15(12-10-8-9-11-14(12)22(4)21(13,2)3)20-27-16(18(23)25-5)17(28-20)19(24)26-6/h7-11H,1-6H3. The van der Waals surface area contributed by atoms with Crippen LogP contribution in [0.25, 0.3) is 5.57 Å². The van der Waals surface area contributed by atoms with E-state index in [-0.39, 0.29) is 15.3 Å². The number of anilines is 1. The molecule has 0 N–H and O–H groups in total. The van der Waals surface area contributed by atoms with Gasteiger partial charge in [-0.15, -0.1) is 0 Å². The molecule has 148 valence electrons. The average Bonchev–Trinajstić information content (AvgIpc) is 3.14. The summed E-state index contributed by atoms with van der Waals surface area (Å²) in [6, 6.07) is 8.17. The first-order chi connectivity index (χ1) is 13.3. The second-order valence-electron chi connectivity index (χ2n) is 6.85. The quantitative estimate of drug-likeness (QED) is 0.654. The van der Waals surface area contributed by atoms with Crippen molar-refractivity contribution < 1.29 is 19.1 Å². The molecule has 1 aromatic rings. The first-order valence-corrected chi connectivity index (χ1v) is 10.4. The highest BCUT2D eigenvalue weighted by molar-refractivity contribution is 8.29. The Morgan fingerprint density at radius 3 is 2.07 bits per heavy atom. The second-order valence-corrected chi connectivity index (χ2v) is 9.15. The number of hydrogen-bond donors (Lipinski definition) is 0. The van der Waals surface area contributed by atoms with Gasteiger partial charge in [0, 0.05) is 23.9 Å². The summed E-state index contributed by atoms with van der Waals surface area (Å²) in [4.78, 5) is 27.4. The van der Waals surface area contributed by atoms with Crippen molar-refractivity contribution in [3.05, 3.63) is 55.5 Å². The Labute approximate surface area is 173 Å². The molecule has 7 heteroatoms. The van der Waals surface area contributed by atoms with Crippen LogP contribution in [0.15, 0.2) is 50.0 Å². The minimum absolute atomic E-state index is 0.258. The van der Waals surface area contributed by atoms with Crippen molar-refractivity contribution in [1.82, 2.24) is 0 Å². The van der Waals surface area contributed by atoms with Crippen molar-refractivity contribution in [3.8, 4) is 0 Å². The summed E-state index contributed by atoms with van der Waals surface area (Å²) in [5.74, 6) is -1.06. The summed E-state index contributed by atoms with van der Waals surface area (Å²) in [6.07, 6.45) is 2.10. The summed E-state index contributed by atoms with van der Waals surface area (Å²) in [6.45, 7) is 6.34. The number of benzene rings is 1. The van der Waals surface area contributed by atoms with Crippen molar-refractivity contribution in [1.29, 1.82) is 0 Å². The Morgan fingerprint density at radius 2 is 1.57 bits per heavy atom. The lowest BCUT2D eigenvalue weighted by atomic mass is 9.79. The number of esters is 2. The lowest BCUT2D eigenvalue weighted by molar-refractivity contribution is -0.138. The molecule has 0 fully saturated rings. The molecule has 2 aliphatic heterocycles. The maximum Gasteiger partial charge on any atom is 0.346 e. The van der Waals surface area contributed by atoms with E-state index in [1.807, 2.05) is 19.1 Å². The van der Waals surface area contributed by atoms with Crippen LogP contribution < -0.4 is 4.90 Å². The Morgan fingerprint density at radius 1 is 1.04 bits per heavy atom. The summed E-state index contributed by atoms with van der Waals surface area (Å²) in [5.41, 5.74) is 4.10. The van der Waals surface area contributed by atoms with Gasteiger partial charge in [0.05, 0.1) is 24.0 Å². The lowest BCUT2D eigenvalue weighted by Crippen LogP contribution is -2.46. The molecule has 0 amide bonds. The highest BCUT2D eigenvalue weighted by Gasteiger charge is 2.41. The van der Waals surface area contributed by atoms with Crippen molar-refractivity contribution in [2.75, 3.05) is 26.2 Å². The van der Waals surface area contributed by atoms with Crippen LogP contribution in [0.3, 0.4) is 0 Å². The minimum Gasteiger partial charge on any atom is -0.465 e. The van der Waals surface area contributed by atoms with Crippen LogP contribution in [0.4, 0.5) is 5.69 Å². The number of thioether (sulfide) groups is 2. The molecule has 0 unspecified atom stereocenters. The van der Waals surface area contributed by atoms with Gasteiger partial charge in [-0.1, -0.05) is 47.8 Å². The van der Waals surface area contributed by atoms with E-state index in [1.165, 1.54) is 37.7 Å². The van der Waals surface area contributed by atoms with Crippen LogP contribution in [0.2, 0.25) is 0 Å². The molecular weight excluding hydrogens is 394 g/mol. The summed E-state index contributed by atoms with van der Waals surface area (Å²) >= 11 is 2.55. The first-order valence-electron chi connectivity index (χ1n) is 8.79. The van der Waals surface area contributed by atoms with Crippen LogP contribution >= 0.6 is 23.5 Å². The number of likely N-dealkylation sites (N-methyl/N-ethyl adjacent to an activating group) is 1. The van der Waals surface area contributed by atoms with E-state index in [1.54, 1.807) is 0 Å². The Kier molecular flexibility index (Phi) is 5.68. The van der Waals surface area contributed by atoms with Gasteiger partial charge in [0.25, 0.3) is 0 Å². The molecule has 0 atom stereocenters. The lowest BCUT2D eigenvalue weighted by Gasteiger charge is -2.46. The number of fused-ring (bicyclic) bond motifs is 1. The maximum absolute atomic E-state index is 12.3. The van der Waals surface area contributed by atoms with Crippen molar-refractivity contribution in [3.63, 3.8) is 0 Å². The van der Waals surface area contributed by atoms with Crippen LogP contribution in [-0.4, -0.2) is 38.7 Å². The van der Waals surface area contributed by atoms with E-state index in [0.29, 0.717) is 0 Å². The largest absolute Gasteiger partial charge is 0.465 e. The van der Waals surface area contributed by atoms with Gasteiger partial charge in [0.15, 0.2) is 0 Å².